The van der Waals surface area contributed by atoms with E-state index in [0.717, 1.165) is 0 Å². The van der Waals surface area contributed by atoms with Crippen molar-refractivity contribution in [1.29, 1.82) is 5.26 Å². The van der Waals surface area contributed by atoms with Crippen LogP contribution in [-0.2, 0) is 11.3 Å². The molecule has 3 aromatic rings. The minimum absolute atomic E-state index is 0.0515. The molecule has 6 nitrogen and oxygen atoms in total. The van der Waals surface area contributed by atoms with Crippen molar-refractivity contribution in [2.24, 2.45) is 0 Å². The maximum Gasteiger partial charge on any atom is 0.262 e. The molecule has 1 N–H and O–H groups in total. The molecule has 0 saturated heterocycles. The molecule has 2 aromatic carbocycles. The summed E-state index contributed by atoms with van der Waals surface area (Å²) in [5, 5.41) is 12.8. The lowest BCUT2D eigenvalue weighted by Gasteiger charge is -2.11. The zero-order valence-electron chi connectivity index (χ0n) is 16.3. The lowest BCUT2D eigenvalue weighted by molar-refractivity contribution is -0.117. The van der Waals surface area contributed by atoms with Crippen LogP contribution in [0.25, 0.3) is 6.08 Å². The predicted octanol–water partition coefficient (Wildman–Crippen LogP) is 5.27. The smallest absolute Gasteiger partial charge is 0.262 e. The zero-order valence-corrected chi connectivity index (χ0v) is 17.8. The quantitative estimate of drug-likeness (QED) is 0.269. The summed E-state index contributed by atoms with van der Waals surface area (Å²) in [5.74, 6) is 1.12. The van der Waals surface area contributed by atoms with E-state index in [2.05, 4.69) is 5.32 Å². The van der Waals surface area contributed by atoms with Crippen LogP contribution < -0.4 is 14.8 Å². The molecule has 8 heteroatoms. The zero-order chi connectivity index (χ0) is 22.1. The number of ether oxygens (including phenoxy) is 2. The van der Waals surface area contributed by atoms with Crippen molar-refractivity contribution < 1.29 is 18.7 Å². The highest BCUT2D eigenvalue weighted by molar-refractivity contribution is 6.32. The fourth-order valence-electron chi connectivity index (χ4n) is 2.58. The number of hydrogen-bond acceptors (Lipinski definition) is 5. The van der Waals surface area contributed by atoms with Crippen molar-refractivity contribution in [3.8, 4) is 17.6 Å². The van der Waals surface area contributed by atoms with Gasteiger partial charge in [-0.25, -0.2) is 0 Å². The average molecular weight is 457 g/mol. The minimum Gasteiger partial charge on any atom is -0.488 e. The lowest BCUT2D eigenvalue weighted by Crippen LogP contribution is -2.23. The molecule has 158 valence electrons. The van der Waals surface area contributed by atoms with Crippen LogP contribution >= 0.6 is 23.2 Å². The summed E-state index contributed by atoms with van der Waals surface area (Å²) in [6.07, 6.45) is 2.96. The maximum atomic E-state index is 12.2. The number of hydrogen-bond donors (Lipinski definition) is 1. The summed E-state index contributed by atoms with van der Waals surface area (Å²) >= 11 is 12.3. The minimum atomic E-state index is -0.507. The monoisotopic (exact) mass is 456 g/mol. The third kappa shape index (κ3) is 6.54. The molecule has 0 aliphatic rings. The molecular formula is C23H18Cl2N2O4. The molecule has 1 heterocycles. The summed E-state index contributed by atoms with van der Waals surface area (Å²) in [6, 6.07) is 17.5. The molecule has 0 fully saturated rings. The summed E-state index contributed by atoms with van der Waals surface area (Å²) in [7, 11) is 0. The van der Waals surface area contributed by atoms with Crippen molar-refractivity contribution in [3.63, 3.8) is 0 Å². The number of nitriles is 1. The van der Waals surface area contributed by atoms with Crippen LogP contribution in [0.4, 0.5) is 0 Å². The van der Waals surface area contributed by atoms with Gasteiger partial charge < -0.3 is 19.2 Å². The average Bonchev–Trinajstić information content (AvgIpc) is 3.29. The first-order valence-electron chi connectivity index (χ1n) is 9.29. The predicted molar refractivity (Wildman–Crippen MR) is 118 cm³/mol. The van der Waals surface area contributed by atoms with Gasteiger partial charge in [0.25, 0.3) is 5.91 Å². The van der Waals surface area contributed by atoms with Crippen LogP contribution in [0.1, 0.15) is 11.3 Å². The van der Waals surface area contributed by atoms with Gasteiger partial charge in [-0.1, -0.05) is 41.4 Å². The fraction of sp³-hybridized carbons (Fsp3) is 0.130. The van der Waals surface area contributed by atoms with E-state index in [1.807, 2.05) is 18.2 Å². The van der Waals surface area contributed by atoms with Gasteiger partial charge in [0.05, 0.1) is 22.9 Å². The molecule has 0 aliphatic carbocycles. The Morgan fingerprint density at radius 3 is 2.42 bits per heavy atom. The molecule has 0 radical (unpaired) electrons. The van der Waals surface area contributed by atoms with E-state index in [1.54, 1.807) is 42.5 Å². The number of rotatable bonds is 9. The Labute approximate surface area is 189 Å². The Balaban J connectivity index is 1.55. The van der Waals surface area contributed by atoms with Crippen molar-refractivity contribution in [2.45, 2.75) is 6.54 Å². The molecule has 3 rings (SSSR count). The van der Waals surface area contributed by atoms with Gasteiger partial charge >= 0.3 is 0 Å². The molecule has 0 atom stereocenters. The van der Waals surface area contributed by atoms with E-state index < -0.39 is 5.91 Å². The van der Waals surface area contributed by atoms with E-state index in [-0.39, 0.29) is 25.3 Å². The van der Waals surface area contributed by atoms with Crippen molar-refractivity contribution in [2.75, 3.05) is 13.2 Å². The standard InChI is InChI=1S/C23H18Cl2N2O4/c24-19-5-1-2-6-21(19)30-10-11-31-22-8-7-16(13-20(22)25)12-17(14-26)23(28)27-15-18-4-3-9-29-18/h1-9,12-13H,10-11,15H2,(H,27,28)/b17-12+. The number of nitrogens with zero attached hydrogens (tertiary/aromatic N) is 1. The highest BCUT2D eigenvalue weighted by Gasteiger charge is 2.11. The molecule has 1 aromatic heterocycles. The molecule has 0 saturated carbocycles. The van der Waals surface area contributed by atoms with Gasteiger partial charge in [-0.2, -0.15) is 5.26 Å². The molecule has 1 amide bonds. The molecular weight excluding hydrogens is 439 g/mol. The topological polar surface area (TPSA) is 84.5 Å². The van der Waals surface area contributed by atoms with E-state index >= 15 is 0 Å². The third-order valence-corrected chi connectivity index (χ3v) is 4.68. The van der Waals surface area contributed by atoms with Crippen LogP contribution in [0, 0.1) is 11.3 Å². The fourth-order valence-corrected chi connectivity index (χ4v) is 3.01. The van der Waals surface area contributed by atoms with Crippen molar-refractivity contribution in [3.05, 3.63) is 87.8 Å². The van der Waals surface area contributed by atoms with Crippen molar-refractivity contribution >= 4 is 35.2 Å². The molecule has 0 aliphatic heterocycles. The second-order valence-electron chi connectivity index (χ2n) is 6.25. The Morgan fingerprint density at radius 1 is 1.03 bits per heavy atom. The largest absolute Gasteiger partial charge is 0.488 e. The van der Waals surface area contributed by atoms with Crippen molar-refractivity contribution in [1.82, 2.24) is 5.32 Å². The van der Waals surface area contributed by atoms with Gasteiger partial charge in [-0.3, -0.25) is 4.79 Å². The lowest BCUT2D eigenvalue weighted by atomic mass is 10.1. The summed E-state index contributed by atoms with van der Waals surface area (Å²) in [4.78, 5) is 12.2. The van der Waals surface area contributed by atoms with E-state index in [0.29, 0.717) is 32.9 Å². The first-order chi connectivity index (χ1) is 15.1. The number of para-hydroxylation sites is 1. The number of benzene rings is 2. The third-order valence-electron chi connectivity index (χ3n) is 4.07. The van der Waals surface area contributed by atoms with Gasteiger partial charge in [0.2, 0.25) is 0 Å². The first kappa shape index (κ1) is 22.3. The van der Waals surface area contributed by atoms with Gasteiger partial charge in [-0.15, -0.1) is 0 Å². The SMILES string of the molecule is N#C/C(=C\c1ccc(OCCOc2ccccc2Cl)c(Cl)c1)C(=O)NCc1ccco1. The van der Waals surface area contributed by atoms with Crippen LogP contribution in [0.2, 0.25) is 10.0 Å². The Hall–Kier alpha value is -3.40. The van der Waals surface area contributed by atoms with Gasteiger partial charge in [0.1, 0.15) is 42.1 Å². The summed E-state index contributed by atoms with van der Waals surface area (Å²) < 4.78 is 16.4. The number of carbonyl (C=O) groups is 1. The van der Waals surface area contributed by atoms with E-state index in [1.165, 1.54) is 12.3 Å². The highest BCUT2D eigenvalue weighted by atomic mass is 35.5. The van der Waals surface area contributed by atoms with Crippen LogP contribution in [-0.4, -0.2) is 19.1 Å². The number of amides is 1. The Morgan fingerprint density at radius 2 is 1.77 bits per heavy atom. The second kappa shape index (κ2) is 11.1. The first-order valence-corrected chi connectivity index (χ1v) is 10.0. The van der Waals surface area contributed by atoms with E-state index in [9.17, 15) is 10.1 Å². The van der Waals surface area contributed by atoms with Gasteiger partial charge in [-0.05, 0) is 48.0 Å². The van der Waals surface area contributed by atoms with Crippen LogP contribution in [0.3, 0.4) is 0 Å². The normalized spacial score (nSPS) is 10.9. The molecule has 31 heavy (non-hydrogen) atoms. The summed E-state index contributed by atoms with van der Waals surface area (Å²) in [6.45, 7) is 0.740. The second-order valence-corrected chi connectivity index (χ2v) is 7.06. The number of furan rings is 1. The molecule has 0 unspecified atom stereocenters. The number of carbonyl (C=O) groups excluding carboxylic acids is 1. The molecule has 0 spiro atoms. The van der Waals surface area contributed by atoms with Gasteiger partial charge in [0.15, 0.2) is 0 Å². The Bertz CT molecular complexity index is 1110. The van der Waals surface area contributed by atoms with Crippen LogP contribution in [0.5, 0.6) is 11.5 Å². The Kier molecular flexibility index (Phi) is 7.99. The van der Waals surface area contributed by atoms with Crippen LogP contribution in [0.15, 0.2) is 70.9 Å². The molecule has 0 bridgehead atoms. The number of nitrogens with one attached hydrogen (secondary N) is 1. The maximum absolute atomic E-state index is 12.2. The number of halogens is 2. The summed E-state index contributed by atoms with van der Waals surface area (Å²) in [5.41, 5.74) is 0.541. The highest BCUT2D eigenvalue weighted by Crippen LogP contribution is 2.27. The van der Waals surface area contributed by atoms with E-state index in [4.69, 9.17) is 37.1 Å². The van der Waals surface area contributed by atoms with Gasteiger partial charge in [0, 0.05) is 0 Å².